The SMILES string of the molecule is O=C(NC[C@@H](c1ccc2c(c1)OCO2)[NH+]1CCOCC1)C(=O)Nc1cccc(F)c1. The fourth-order valence-corrected chi connectivity index (χ4v) is 3.64. The Labute approximate surface area is 172 Å². The summed E-state index contributed by atoms with van der Waals surface area (Å²) >= 11 is 0. The highest BCUT2D eigenvalue weighted by Crippen LogP contribution is 2.33. The predicted molar refractivity (Wildman–Crippen MR) is 105 cm³/mol. The zero-order valence-corrected chi connectivity index (χ0v) is 16.3. The van der Waals surface area contributed by atoms with Crippen LogP contribution >= 0.6 is 0 Å². The second-order valence-electron chi connectivity index (χ2n) is 7.11. The molecule has 0 radical (unpaired) electrons. The van der Waals surface area contributed by atoms with E-state index in [0.29, 0.717) is 24.7 Å². The number of amides is 2. The Balaban J connectivity index is 1.43. The van der Waals surface area contributed by atoms with Crippen LogP contribution in [-0.2, 0) is 14.3 Å². The smallest absolute Gasteiger partial charge is 0.313 e. The third kappa shape index (κ3) is 4.69. The lowest BCUT2D eigenvalue weighted by Gasteiger charge is -2.32. The van der Waals surface area contributed by atoms with Crippen LogP contribution in [0.1, 0.15) is 11.6 Å². The van der Waals surface area contributed by atoms with Crippen molar-refractivity contribution in [3.05, 3.63) is 53.8 Å². The quantitative estimate of drug-likeness (QED) is 0.609. The third-order valence-electron chi connectivity index (χ3n) is 5.18. The van der Waals surface area contributed by atoms with Crippen LogP contribution in [0.15, 0.2) is 42.5 Å². The summed E-state index contributed by atoms with van der Waals surface area (Å²) in [5.41, 5.74) is 1.20. The number of benzene rings is 2. The molecule has 1 saturated heterocycles. The van der Waals surface area contributed by atoms with Crippen LogP contribution in [0.25, 0.3) is 0 Å². The van der Waals surface area contributed by atoms with E-state index in [4.69, 9.17) is 14.2 Å². The number of morpholine rings is 1. The molecule has 0 saturated carbocycles. The topological polar surface area (TPSA) is 90.3 Å². The molecule has 158 valence electrons. The molecule has 1 atom stereocenters. The largest absolute Gasteiger partial charge is 0.454 e. The first-order valence-electron chi connectivity index (χ1n) is 9.77. The second kappa shape index (κ2) is 9.10. The van der Waals surface area contributed by atoms with Crippen molar-refractivity contribution in [3.8, 4) is 11.5 Å². The minimum Gasteiger partial charge on any atom is -0.454 e. The number of quaternary nitrogens is 1. The number of fused-ring (bicyclic) bond motifs is 1. The van der Waals surface area contributed by atoms with Crippen molar-refractivity contribution in [3.63, 3.8) is 0 Å². The number of carbonyl (C=O) groups excluding carboxylic acids is 2. The first kappa shape index (κ1) is 20.1. The monoisotopic (exact) mass is 416 g/mol. The van der Waals surface area contributed by atoms with Gasteiger partial charge in [0.2, 0.25) is 6.79 Å². The van der Waals surface area contributed by atoms with Crippen LogP contribution in [0.3, 0.4) is 0 Å². The summed E-state index contributed by atoms with van der Waals surface area (Å²) < 4.78 is 29.6. The van der Waals surface area contributed by atoms with Gasteiger partial charge in [-0.3, -0.25) is 9.59 Å². The maximum absolute atomic E-state index is 13.3. The average Bonchev–Trinajstić information content (AvgIpc) is 3.22. The first-order chi connectivity index (χ1) is 14.6. The molecule has 2 heterocycles. The first-order valence-corrected chi connectivity index (χ1v) is 9.77. The van der Waals surface area contributed by atoms with Crippen LogP contribution in [0, 0.1) is 5.82 Å². The summed E-state index contributed by atoms with van der Waals surface area (Å²) in [4.78, 5) is 25.8. The van der Waals surface area contributed by atoms with E-state index in [-0.39, 0.29) is 25.1 Å². The van der Waals surface area contributed by atoms with Crippen LogP contribution in [0.5, 0.6) is 11.5 Å². The molecule has 2 aromatic rings. The van der Waals surface area contributed by atoms with Gasteiger partial charge >= 0.3 is 11.8 Å². The minimum absolute atomic E-state index is 0.0886. The van der Waals surface area contributed by atoms with Crippen molar-refractivity contribution in [2.24, 2.45) is 0 Å². The lowest BCUT2D eigenvalue weighted by Crippen LogP contribution is -3.15. The van der Waals surface area contributed by atoms with E-state index in [1.807, 2.05) is 18.2 Å². The Bertz CT molecular complexity index is 933. The van der Waals surface area contributed by atoms with Gasteiger partial charge in [-0.15, -0.1) is 0 Å². The Morgan fingerprint density at radius 3 is 2.63 bits per heavy atom. The highest BCUT2D eigenvalue weighted by atomic mass is 19.1. The van der Waals surface area contributed by atoms with E-state index in [1.165, 1.54) is 23.1 Å². The molecule has 1 fully saturated rings. The molecule has 9 heteroatoms. The normalized spacial score (nSPS) is 16.7. The highest BCUT2D eigenvalue weighted by Gasteiger charge is 2.29. The molecule has 0 unspecified atom stereocenters. The van der Waals surface area contributed by atoms with Crippen molar-refractivity contribution < 1.29 is 33.1 Å². The Morgan fingerprint density at radius 1 is 1.03 bits per heavy atom. The molecular formula is C21H23FN3O5+. The maximum Gasteiger partial charge on any atom is 0.313 e. The summed E-state index contributed by atoms with van der Waals surface area (Å²) in [5.74, 6) is -0.764. The van der Waals surface area contributed by atoms with E-state index in [1.54, 1.807) is 0 Å². The van der Waals surface area contributed by atoms with E-state index < -0.39 is 17.6 Å². The van der Waals surface area contributed by atoms with Crippen LogP contribution in [0.4, 0.5) is 10.1 Å². The highest BCUT2D eigenvalue weighted by molar-refractivity contribution is 6.39. The van der Waals surface area contributed by atoms with E-state index in [2.05, 4.69) is 10.6 Å². The van der Waals surface area contributed by atoms with Gasteiger partial charge in [0.1, 0.15) is 24.9 Å². The van der Waals surface area contributed by atoms with Gasteiger partial charge in [0, 0.05) is 11.3 Å². The molecule has 4 rings (SSSR count). The number of hydrogen-bond donors (Lipinski definition) is 3. The number of ether oxygens (including phenoxy) is 3. The summed E-state index contributed by atoms with van der Waals surface area (Å²) in [6, 6.07) is 11.0. The number of halogens is 1. The molecule has 2 amide bonds. The van der Waals surface area contributed by atoms with Gasteiger partial charge in [-0.2, -0.15) is 0 Å². The number of carbonyl (C=O) groups is 2. The summed E-state index contributed by atoms with van der Waals surface area (Å²) in [5, 5.41) is 5.11. The van der Waals surface area contributed by atoms with Gasteiger partial charge in [0.05, 0.1) is 19.8 Å². The zero-order chi connectivity index (χ0) is 20.9. The zero-order valence-electron chi connectivity index (χ0n) is 16.3. The van der Waals surface area contributed by atoms with Crippen molar-refractivity contribution in [2.75, 3.05) is 45.0 Å². The van der Waals surface area contributed by atoms with Crippen molar-refractivity contribution in [1.29, 1.82) is 0 Å². The third-order valence-corrected chi connectivity index (χ3v) is 5.18. The van der Waals surface area contributed by atoms with E-state index in [0.717, 1.165) is 24.7 Å². The Kier molecular flexibility index (Phi) is 6.10. The summed E-state index contributed by atoms with van der Waals surface area (Å²) in [6.07, 6.45) is 0. The fraction of sp³-hybridized carbons (Fsp3) is 0.333. The van der Waals surface area contributed by atoms with Crippen LogP contribution in [0.2, 0.25) is 0 Å². The number of nitrogens with one attached hydrogen (secondary N) is 3. The van der Waals surface area contributed by atoms with Crippen molar-refractivity contribution in [1.82, 2.24) is 5.32 Å². The van der Waals surface area contributed by atoms with E-state index >= 15 is 0 Å². The molecule has 30 heavy (non-hydrogen) atoms. The predicted octanol–water partition coefficient (Wildman–Crippen LogP) is 0.266. The molecule has 2 aliphatic rings. The van der Waals surface area contributed by atoms with Gasteiger partial charge in [-0.05, 0) is 36.4 Å². The van der Waals surface area contributed by atoms with Gasteiger partial charge in [-0.25, -0.2) is 4.39 Å². The fourth-order valence-electron chi connectivity index (χ4n) is 3.64. The number of rotatable bonds is 5. The van der Waals surface area contributed by atoms with Crippen LogP contribution in [-0.4, -0.2) is 51.5 Å². The number of hydrogen-bond acceptors (Lipinski definition) is 5. The Hall–Kier alpha value is -3.17. The van der Waals surface area contributed by atoms with E-state index in [9.17, 15) is 14.0 Å². The molecule has 2 aliphatic heterocycles. The molecular weight excluding hydrogens is 393 g/mol. The second-order valence-corrected chi connectivity index (χ2v) is 7.11. The summed E-state index contributed by atoms with van der Waals surface area (Å²) in [6.45, 7) is 3.26. The number of anilines is 1. The average molecular weight is 416 g/mol. The molecule has 3 N–H and O–H groups in total. The maximum atomic E-state index is 13.3. The molecule has 0 aliphatic carbocycles. The minimum atomic E-state index is -0.845. The molecule has 0 spiro atoms. The van der Waals surface area contributed by atoms with Gasteiger partial charge in [0.25, 0.3) is 0 Å². The van der Waals surface area contributed by atoms with Gasteiger partial charge in [0.15, 0.2) is 11.5 Å². The molecule has 2 aromatic carbocycles. The lowest BCUT2D eigenvalue weighted by atomic mass is 10.0. The van der Waals surface area contributed by atoms with Gasteiger partial charge in [-0.1, -0.05) is 6.07 Å². The Morgan fingerprint density at radius 2 is 1.83 bits per heavy atom. The molecule has 8 nitrogen and oxygen atoms in total. The van der Waals surface area contributed by atoms with Crippen LogP contribution < -0.4 is 25.0 Å². The van der Waals surface area contributed by atoms with Crippen molar-refractivity contribution in [2.45, 2.75) is 6.04 Å². The van der Waals surface area contributed by atoms with Gasteiger partial charge < -0.3 is 29.7 Å². The standard InChI is InChI=1S/C21H22FN3O5/c22-15-2-1-3-16(11-15)24-21(27)20(26)23-12-17(25-6-8-28-9-7-25)14-4-5-18-19(10-14)30-13-29-18/h1-5,10-11,17H,6-9,12-13H2,(H,23,26)(H,24,27)/p+1/t17-/m0/s1. The lowest BCUT2D eigenvalue weighted by molar-refractivity contribution is -0.937. The molecule has 0 aromatic heterocycles. The molecule has 0 bridgehead atoms. The summed E-state index contributed by atoms with van der Waals surface area (Å²) in [7, 11) is 0. The van der Waals surface area contributed by atoms with Crippen molar-refractivity contribution >= 4 is 17.5 Å².